The molecule has 25 heavy (non-hydrogen) atoms. The third-order valence-electron chi connectivity index (χ3n) is 5.20. The summed E-state index contributed by atoms with van der Waals surface area (Å²) in [6.07, 6.45) is 0. The number of carbonyl (C=O) groups is 1. The van der Waals surface area contributed by atoms with E-state index >= 15 is 0 Å². The van der Waals surface area contributed by atoms with Crippen molar-refractivity contribution in [2.45, 2.75) is 13.0 Å². The molecule has 1 amide bonds. The third-order valence-corrected chi connectivity index (χ3v) is 6.02. The average molecular weight is 360 g/mol. The number of ether oxygens (including phenoxy) is 1. The first kappa shape index (κ1) is 16.8. The van der Waals surface area contributed by atoms with Gasteiger partial charge in [-0.05, 0) is 30.6 Å². The predicted octanol–water partition coefficient (Wildman–Crippen LogP) is 1.67. The quantitative estimate of drug-likeness (QED) is 0.833. The second kappa shape index (κ2) is 7.27. The Hall–Kier alpha value is -1.70. The molecule has 2 aromatic rings. The summed E-state index contributed by atoms with van der Waals surface area (Å²) in [6, 6.07) is 8.29. The van der Waals surface area contributed by atoms with E-state index in [2.05, 4.69) is 32.4 Å². The van der Waals surface area contributed by atoms with Gasteiger partial charge >= 0.3 is 0 Å². The lowest BCUT2D eigenvalue weighted by atomic mass is 10.2. The number of rotatable bonds is 3. The smallest absolute Gasteiger partial charge is 0.239 e. The molecule has 6 nitrogen and oxygen atoms in total. The van der Waals surface area contributed by atoms with Gasteiger partial charge in [-0.25, -0.2) is 0 Å². The molecular weight excluding hydrogens is 336 g/mol. The monoisotopic (exact) mass is 360 g/mol. The van der Waals surface area contributed by atoms with E-state index in [1.54, 1.807) is 11.5 Å². The lowest BCUT2D eigenvalue weighted by Crippen LogP contribution is -2.55. The molecule has 1 aromatic heterocycles. The van der Waals surface area contributed by atoms with Crippen LogP contribution in [-0.2, 0) is 9.53 Å². The zero-order valence-electron chi connectivity index (χ0n) is 14.6. The van der Waals surface area contributed by atoms with E-state index in [9.17, 15) is 4.79 Å². The summed E-state index contributed by atoms with van der Waals surface area (Å²) in [6.45, 7) is 8.37. The first-order chi connectivity index (χ1) is 12.2. The average Bonchev–Trinajstić information content (AvgIpc) is 3.12. The molecule has 0 unspecified atom stereocenters. The third kappa shape index (κ3) is 3.36. The maximum absolute atomic E-state index is 12.8. The van der Waals surface area contributed by atoms with Crippen molar-refractivity contribution in [2.24, 2.45) is 0 Å². The van der Waals surface area contributed by atoms with Crippen molar-refractivity contribution in [3.05, 3.63) is 24.3 Å². The van der Waals surface area contributed by atoms with Crippen molar-refractivity contribution in [3.8, 4) is 0 Å². The van der Waals surface area contributed by atoms with Gasteiger partial charge in [0.1, 0.15) is 5.82 Å². The van der Waals surface area contributed by atoms with Gasteiger partial charge in [0.15, 0.2) is 0 Å². The Labute approximate surface area is 152 Å². The topological polar surface area (TPSA) is 48.9 Å². The highest BCUT2D eigenvalue weighted by Gasteiger charge is 2.30. The molecule has 4 rings (SSSR count). The predicted molar refractivity (Wildman–Crippen MR) is 100 cm³/mol. The van der Waals surface area contributed by atoms with Crippen LogP contribution in [-0.4, -0.2) is 78.6 Å². The van der Waals surface area contributed by atoms with Crippen LogP contribution in [0.4, 0.5) is 5.82 Å². The summed E-state index contributed by atoms with van der Waals surface area (Å²) in [5.74, 6) is 1.30. The molecule has 134 valence electrons. The van der Waals surface area contributed by atoms with Crippen LogP contribution in [0.5, 0.6) is 0 Å². The summed E-state index contributed by atoms with van der Waals surface area (Å²) in [7, 11) is 0. The van der Waals surface area contributed by atoms with Crippen LogP contribution in [0, 0.1) is 0 Å². The van der Waals surface area contributed by atoms with Crippen LogP contribution in [0.25, 0.3) is 10.1 Å². The number of nitrogens with zero attached hydrogens (tertiary/aromatic N) is 4. The van der Waals surface area contributed by atoms with Gasteiger partial charge in [-0.2, -0.15) is 4.37 Å². The minimum atomic E-state index is -0.0597. The second-order valence-corrected chi connectivity index (χ2v) is 7.44. The fourth-order valence-electron chi connectivity index (χ4n) is 3.62. The molecule has 0 radical (unpaired) electrons. The molecule has 2 saturated heterocycles. The van der Waals surface area contributed by atoms with Crippen molar-refractivity contribution < 1.29 is 9.53 Å². The number of anilines is 1. The highest BCUT2D eigenvalue weighted by atomic mass is 32.1. The highest BCUT2D eigenvalue weighted by Crippen LogP contribution is 2.29. The molecule has 2 fully saturated rings. The van der Waals surface area contributed by atoms with Crippen LogP contribution >= 0.6 is 11.5 Å². The number of hydrogen-bond acceptors (Lipinski definition) is 6. The summed E-state index contributed by atoms with van der Waals surface area (Å²) < 4.78 is 11.2. The van der Waals surface area contributed by atoms with Crippen LogP contribution in [0.1, 0.15) is 6.92 Å². The lowest BCUT2D eigenvalue weighted by Gasteiger charge is -2.39. The van der Waals surface area contributed by atoms with Crippen LogP contribution < -0.4 is 4.90 Å². The molecule has 0 bridgehead atoms. The van der Waals surface area contributed by atoms with E-state index < -0.39 is 0 Å². The van der Waals surface area contributed by atoms with E-state index in [1.165, 1.54) is 10.1 Å². The maximum atomic E-state index is 12.8. The van der Waals surface area contributed by atoms with Crippen molar-refractivity contribution in [1.29, 1.82) is 0 Å². The Morgan fingerprint density at radius 2 is 1.84 bits per heavy atom. The number of piperazine rings is 1. The Morgan fingerprint density at radius 1 is 1.12 bits per heavy atom. The largest absolute Gasteiger partial charge is 0.379 e. The van der Waals surface area contributed by atoms with Crippen molar-refractivity contribution >= 4 is 33.3 Å². The molecular formula is C18H24N4O2S. The van der Waals surface area contributed by atoms with Gasteiger partial charge in [0.25, 0.3) is 0 Å². The molecule has 2 aliphatic rings. The minimum absolute atomic E-state index is 0.0597. The van der Waals surface area contributed by atoms with E-state index in [0.29, 0.717) is 0 Å². The van der Waals surface area contributed by atoms with Gasteiger partial charge < -0.3 is 14.5 Å². The standard InChI is InChI=1S/C18H24N4O2S/c1-14(20-10-12-24-13-11-20)18(23)22-8-6-21(7-9-22)17-15-4-2-3-5-16(15)25-19-17/h2-5,14H,6-13H2,1H3/t14-/m0/s1. The zero-order chi connectivity index (χ0) is 17.2. The van der Waals surface area contributed by atoms with Crippen LogP contribution in [0.15, 0.2) is 24.3 Å². The molecule has 1 atom stereocenters. The molecule has 1 aromatic carbocycles. The highest BCUT2D eigenvalue weighted by molar-refractivity contribution is 7.13. The maximum Gasteiger partial charge on any atom is 0.239 e. The number of benzene rings is 1. The van der Waals surface area contributed by atoms with Gasteiger partial charge in [-0.1, -0.05) is 12.1 Å². The zero-order valence-corrected chi connectivity index (χ0v) is 15.4. The first-order valence-corrected chi connectivity index (χ1v) is 9.71. The molecule has 0 aliphatic carbocycles. The van der Waals surface area contributed by atoms with Crippen molar-refractivity contribution in [2.75, 3.05) is 57.4 Å². The normalized spacial score (nSPS) is 20.8. The fourth-order valence-corrected chi connectivity index (χ4v) is 4.42. The molecule has 0 N–H and O–H groups in total. The molecule has 0 spiro atoms. The summed E-state index contributed by atoms with van der Waals surface area (Å²) in [4.78, 5) is 19.4. The summed E-state index contributed by atoms with van der Waals surface area (Å²) in [5.41, 5.74) is 0. The van der Waals surface area contributed by atoms with E-state index in [0.717, 1.165) is 58.3 Å². The molecule has 7 heteroatoms. The number of morpholine rings is 1. The van der Waals surface area contributed by atoms with Crippen LogP contribution in [0.3, 0.4) is 0 Å². The van der Waals surface area contributed by atoms with Gasteiger partial charge in [0, 0.05) is 44.7 Å². The Balaban J connectivity index is 1.38. The number of carbonyl (C=O) groups excluding carboxylic acids is 1. The Kier molecular flexibility index (Phi) is 4.87. The van der Waals surface area contributed by atoms with E-state index in [1.807, 2.05) is 17.9 Å². The molecule has 3 heterocycles. The molecule has 2 aliphatic heterocycles. The van der Waals surface area contributed by atoms with Crippen molar-refractivity contribution in [1.82, 2.24) is 14.2 Å². The van der Waals surface area contributed by atoms with Gasteiger partial charge in [0.05, 0.1) is 24.0 Å². The SMILES string of the molecule is C[C@@H](C(=O)N1CCN(c2nsc3ccccc23)CC1)N1CCOCC1. The van der Waals surface area contributed by atoms with Crippen LogP contribution in [0.2, 0.25) is 0 Å². The number of amides is 1. The second-order valence-electron chi connectivity index (χ2n) is 6.64. The van der Waals surface area contributed by atoms with Crippen molar-refractivity contribution in [3.63, 3.8) is 0 Å². The first-order valence-electron chi connectivity index (χ1n) is 8.94. The number of hydrogen-bond donors (Lipinski definition) is 0. The van der Waals surface area contributed by atoms with E-state index in [-0.39, 0.29) is 11.9 Å². The Bertz CT molecular complexity index is 736. The number of fused-ring (bicyclic) bond motifs is 1. The Morgan fingerprint density at radius 3 is 2.60 bits per heavy atom. The summed E-state index contributed by atoms with van der Waals surface area (Å²) >= 11 is 1.55. The minimum Gasteiger partial charge on any atom is -0.379 e. The van der Waals surface area contributed by atoms with Gasteiger partial charge in [0.2, 0.25) is 5.91 Å². The molecule has 0 saturated carbocycles. The number of aromatic nitrogens is 1. The summed E-state index contributed by atoms with van der Waals surface area (Å²) in [5, 5.41) is 1.22. The van der Waals surface area contributed by atoms with Gasteiger partial charge in [-0.3, -0.25) is 9.69 Å². The fraction of sp³-hybridized carbons (Fsp3) is 0.556. The lowest BCUT2D eigenvalue weighted by molar-refractivity contribution is -0.138. The van der Waals surface area contributed by atoms with Gasteiger partial charge in [-0.15, -0.1) is 0 Å². The van der Waals surface area contributed by atoms with E-state index in [4.69, 9.17) is 4.74 Å².